The molecule has 1 amide bonds. The Kier molecular flexibility index (Phi) is 5.51. The van der Waals surface area contributed by atoms with Crippen molar-refractivity contribution in [2.24, 2.45) is 5.73 Å². The van der Waals surface area contributed by atoms with Crippen molar-refractivity contribution >= 4 is 29.0 Å². The zero-order valence-electron chi connectivity index (χ0n) is 11.0. The Bertz CT molecular complexity index is 587. The first-order chi connectivity index (χ1) is 9.69. The van der Waals surface area contributed by atoms with Gasteiger partial charge in [0, 0.05) is 24.0 Å². The van der Waals surface area contributed by atoms with Crippen LogP contribution in [0.2, 0.25) is 0 Å². The molecule has 7 heteroatoms. The highest BCUT2D eigenvalue weighted by atomic mass is 32.2. The molecule has 0 saturated heterocycles. The van der Waals surface area contributed by atoms with Crippen LogP contribution in [-0.4, -0.2) is 23.0 Å². The molecular weight excluding hydrogens is 294 g/mol. The molecule has 0 aliphatic heterocycles. The largest absolute Gasteiger partial charge is 0.378 e. The average Bonchev–Trinajstić information content (AvgIpc) is 2.87. The molecule has 2 rings (SSSR count). The van der Waals surface area contributed by atoms with E-state index in [2.05, 4.69) is 9.97 Å². The molecule has 0 atom stereocenters. The Labute approximate surface area is 125 Å². The van der Waals surface area contributed by atoms with Crippen LogP contribution in [0, 0.1) is 0 Å². The molecule has 2 aromatic heterocycles. The molecule has 0 unspecified atom stereocenters. The summed E-state index contributed by atoms with van der Waals surface area (Å²) >= 11 is 3.30. The van der Waals surface area contributed by atoms with Crippen LogP contribution in [0.15, 0.2) is 23.6 Å². The van der Waals surface area contributed by atoms with Crippen LogP contribution in [0.1, 0.15) is 26.9 Å². The quantitative estimate of drug-likeness (QED) is 0.848. The van der Waals surface area contributed by atoms with Crippen LogP contribution < -0.4 is 5.73 Å². The number of aromatic nitrogens is 2. The number of pyridine rings is 1. The summed E-state index contributed by atoms with van der Waals surface area (Å²) in [5, 5.41) is 3.02. The van der Waals surface area contributed by atoms with Crippen LogP contribution in [0.5, 0.6) is 0 Å². The number of rotatable bonds is 7. The van der Waals surface area contributed by atoms with Crippen molar-refractivity contribution in [1.29, 1.82) is 0 Å². The predicted molar refractivity (Wildman–Crippen MR) is 80.6 cm³/mol. The minimum absolute atomic E-state index is 0.305. The molecule has 2 heterocycles. The van der Waals surface area contributed by atoms with Gasteiger partial charge in [-0.25, -0.2) is 9.97 Å². The zero-order valence-corrected chi connectivity index (χ0v) is 12.7. The van der Waals surface area contributed by atoms with Crippen molar-refractivity contribution in [2.75, 3.05) is 7.11 Å². The molecule has 2 aromatic rings. The number of nitrogens with zero attached hydrogens (tertiary/aromatic N) is 2. The summed E-state index contributed by atoms with van der Waals surface area (Å²) in [4.78, 5) is 19.7. The maximum atomic E-state index is 11.0. The molecule has 0 aliphatic rings. The number of carbonyl (C=O) groups is 1. The van der Waals surface area contributed by atoms with Gasteiger partial charge in [-0.3, -0.25) is 4.79 Å². The molecule has 0 spiro atoms. The van der Waals surface area contributed by atoms with Gasteiger partial charge in [0.25, 0.3) is 5.91 Å². The number of primary amides is 1. The van der Waals surface area contributed by atoms with Gasteiger partial charge in [-0.2, -0.15) is 0 Å². The predicted octanol–water partition coefficient (Wildman–Crippen LogP) is 2.22. The maximum absolute atomic E-state index is 11.0. The molecule has 0 aromatic carbocycles. The lowest BCUT2D eigenvalue weighted by atomic mass is 10.3. The lowest BCUT2D eigenvalue weighted by molar-refractivity contribution is 0.0995. The summed E-state index contributed by atoms with van der Waals surface area (Å²) in [5.74, 6) is 1.03. The van der Waals surface area contributed by atoms with Crippen LogP contribution in [0.3, 0.4) is 0 Å². The van der Waals surface area contributed by atoms with Crippen molar-refractivity contribution in [3.8, 4) is 0 Å². The Balaban J connectivity index is 1.85. The van der Waals surface area contributed by atoms with Gasteiger partial charge in [-0.05, 0) is 12.1 Å². The Hall–Kier alpha value is -1.44. The third-order valence-electron chi connectivity index (χ3n) is 2.43. The smallest absolute Gasteiger partial charge is 0.267 e. The van der Waals surface area contributed by atoms with E-state index >= 15 is 0 Å². The summed E-state index contributed by atoms with van der Waals surface area (Å²) in [6, 6.07) is 5.30. The topological polar surface area (TPSA) is 78.1 Å². The van der Waals surface area contributed by atoms with Crippen molar-refractivity contribution in [1.82, 2.24) is 9.97 Å². The fraction of sp³-hybridized carbons (Fsp3) is 0.308. The van der Waals surface area contributed by atoms with Crippen molar-refractivity contribution in [3.05, 3.63) is 45.7 Å². The highest BCUT2D eigenvalue weighted by Gasteiger charge is 2.05. The van der Waals surface area contributed by atoms with Crippen LogP contribution >= 0.6 is 23.1 Å². The first kappa shape index (κ1) is 15.0. The summed E-state index contributed by atoms with van der Waals surface area (Å²) in [6.45, 7) is 0.553. The molecule has 106 valence electrons. The lowest BCUT2D eigenvalue weighted by Gasteiger charge is -2.01. The van der Waals surface area contributed by atoms with E-state index in [-0.39, 0.29) is 0 Å². The van der Waals surface area contributed by atoms with Gasteiger partial charge in [-0.1, -0.05) is 6.07 Å². The molecule has 2 N–H and O–H groups in total. The molecule has 0 saturated carbocycles. The molecule has 0 bridgehead atoms. The number of carbonyl (C=O) groups excluding carboxylic acids is 1. The van der Waals surface area contributed by atoms with E-state index in [9.17, 15) is 4.79 Å². The van der Waals surface area contributed by atoms with Crippen LogP contribution in [0.25, 0.3) is 0 Å². The first-order valence-corrected chi connectivity index (χ1v) is 7.98. The fourth-order valence-electron chi connectivity index (χ4n) is 1.56. The standard InChI is InChI=1S/C13H15N3O2S2/c1-18-5-12-16-10(8-20-12)7-19-6-9-3-2-4-11(15-9)13(14)17/h2-4,8H,5-7H2,1H3,(H2,14,17). The Morgan fingerprint density at radius 2 is 2.15 bits per heavy atom. The van der Waals surface area contributed by atoms with Gasteiger partial charge < -0.3 is 10.5 Å². The normalized spacial score (nSPS) is 10.7. The van der Waals surface area contributed by atoms with E-state index < -0.39 is 5.91 Å². The third-order valence-corrected chi connectivity index (χ3v) is 4.30. The van der Waals surface area contributed by atoms with Crippen LogP contribution in [0.4, 0.5) is 0 Å². The minimum atomic E-state index is -0.499. The molecule has 0 fully saturated rings. The van der Waals surface area contributed by atoms with Crippen molar-refractivity contribution < 1.29 is 9.53 Å². The van der Waals surface area contributed by atoms with Gasteiger partial charge in [0.15, 0.2) is 0 Å². The fourth-order valence-corrected chi connectivity index (χ4v) is 3.26. The van der Waals surface area contributed by atoms with E-state index in [0.29, 0.717) is 12.3 Å². The molecule has 20 heavy (non-hydrogen) atoms. The van der Waals surface area contributed by atoms with E-state index in [1.165, 1.54) is 0 Å². The van der Waals surface area contributed by atoms with Gasteiger partial charge in [0.1, 0.15) is 10.7 Å². The SMILES string of the molecule is COCc1nc(CSCc2cccc(C(N)=O)n2)cs1. The number of thioether (sulfide) groups is 1. The molecule has 0 radical (unpaired) electrons. The number of ether oxygens (including phenoxy) is 1. The number of methoxy groups -OCH3 is 1. The summed E-state index contributed by atoms with van der Waals surface area (Å²) < 4.78 is 5.04. The summed E-state index contributed by atoms with van der Waals surface area (Å²) in [5.41, 5.74) is 7.40. The van der Waals surface area contributed by atoms with Crippen molar-refractivity contribution in [3.63, 3.8) is 0 Å². The number of thiazole rings is 1. The van der Waals surface area contributed by atoms with E-state index in [4.69, 9.17) is 10.5 Å². The number of nitrogens with two attached hydrogens (primary N) is 1. The van der Waals surface area contributed by atoms with E-state index in [1.54, 1.807) is 42.3 Å². The highest BCUT2D eigenvalue weighted by molar-refractivity contribution is 7.97. The third kappa shape index (κ3) is 4.29. The number of hydrogen-bond acceptors (Lipinski definition) is 6. The van der Waals surface area contributed by atoms with Gasteiger partial charge >= 0.3 is 0 Å². The van der Waals surface area contributed by atoms with E-state index in [1.807, 2.05) is 11.4 Å². The first-order valence-electron chi connectivity index (χ1n) is 5.94. The molecule has 5 nitrogen and oxygen atoms in total. The Morgan fingerprint density at radius 1 is 1.35 bits per heavy atom. The molecule has 0 aliphatic carbocycles. The minimum Gasteiger partial charge on any atom is -0.378 e. The lowest BCUT2D eigenvalue weighted by Crippen LogP contribution is -2.13. The number of amides is 1. The average molecular weight is 309 g/mol. The Morgan fingerprint density at radius 3 is 2.90 bits per heavy atom. The second-order valence-electron chi connectivity index (χ2n) is 4.04. The van der Waals surface area contributed by atoms with Gasteiger partial charge in [-0.15, -0.1) is 23.1 Å². The second kappa shape index (κ2) is 7.37. The van der Waals surface area contributed by atoms with Gasteiger partial charge in [0.2, 0.25) is 0 Å². The highest BCUT2D eigenvalue weighted by Crippen LogP contribution is 2.19. The van der Waals surface area contributed by atoms with Crippen LogP contribution in [-0.2, 0) is 22.8 Å². The zero-order chi connectivity index (χ0) is 14.4. The summed E-state index contributed by atoms with van der Waals surface area (Å²) in [7, 11) is 1.66. The van der Waals surface area contributed by atoms with Gasteiger partial charge in [0.05, 0.1) is 18.0 Å². The van der Waals surface area contributed by atoms with Crippen molar-refractivity contribution in [2.45, 2.75) is 18.1 Å². The second-order valence-corrected chi connectivity index (χ2v) is 5.97. The molecular formula is C13H15N3O2S2. The monoisotopic (exact) mass is 309 g/mol. The summed E-state index contributed by atoms with van der Waals surface area (Å²) in [6.07, 6.45) is 0. The number of hydrogen-bond donors (Lipinski definition) is 1. The van der Waals surface area contributed by atoms with E-state index in [0.717, 1.165) is 27.9 Å². The maximum Gasteiger partial charge on any atom is 0.267 e.